The van der Waals surface area contributed by atoms with E-state index in [1.807, 2.05) is 30.3 Å². The van der Waals surface area contributed by atoms with Crippen LogP contribution >= 0.6 is 0 Å². The molecule has 0 amide bonds. The summed E-state index contributed by atoms with van der Waals surface area (Å²) in [5.74, 6) is -0.201. The second kappa shape index (κ2) is 5.33. The quantitative estimate of drug-likeness (QED) is 0.649. The summed E-state index contributed by atoms with van der Waals surface area (Å²) in [4.78, 5) is 0. The van der Waals surface area contributed by atoms with Gasteiger partial charge >= 0.3 is 0 Å². The molecule has 0 fully saturated rings. The molecular weight excluding hydrogens is 249 g/mol. The van der Waals surface area contributed by atoms with Crippen LogP contribution in [0.15, 0.2) is 66.9 Å². The fourth-order valence-corrected chi connectivity index (χ4v) is 2.49. The molecular formula is C18H16FN. The zero-order valence-corrected chi connectivity index (χ0v) is 11.4. The third kappa shape index (κ3) is 2.50. The lowest BCUT2D eigenvalue weighted by Crippen LogP contribution is -2.00. The average Bonchev–Trinajstić information content (AvgIpc) is 2.82. The Kier molecular flexibility index (Phi) is 3.38. The van der Waals surface area contributed by atoms with Crippen molar-refractivity contribution < 1.29 is 4.39 Å². The summed E-state index contributed by atoms with van der Waals surface area (Å²) >= 11 is 0. The Morgan fingerprint density at radius 2 is 1.60 bits per heavy atom. The molecule has 3 aromatic rings. The second-order valence-electron chi connectivity index (χ2n) is 4.97. The maximum absolute atomic E-state index is 13.1. The standard InChI is InChI=1S/C18H16FN/c1-14-11-12-20(13-15-5-3-2-4-6-15)18(14)16-7-9-17(19)10-8-16/h2-12H,13H2,1H3. The van der Waals surface area contributed by atoms with Crippen molar-refractivity contribution in [2.45, 2.75) is 13.5 Å². The molecule has 1 heterocycles. The van der Waals surface area contributed by atoms with Crippen LogP contribution in [0, 0.1) is 12.7 Å². The van der Waals surface area contributed by atoms with E-state index in [1.165, 1.54) is 23.3 Å². The minimum absolute atomic E-state index is 0.201. The van der Waals surface area contributed by atoms with Gasteiger partial charge in [-0.2, -0.15) is 0 Å². The molecule has 0 aliphatic heterocycles. The van der Waals surface area contributed by atoms with Gasteiger partial charge in [-0.25, -0.2) is 4.39 Å². The van der Waals surface area contributed by atoms with Crippen molar-refractivity contribution in [1.29, 1.82) is 0 Å². The lowest BCUT2D eigenvalue weighted by molar-refractivity contribution is 0.628. The number of hydrogen-bond donors (Lipinski definition) is 0. The molecule has 0 N–H and O–H groups in total. The highest BCUT2D eigenvalue weighted by molar-refractivity contribution is 5.64. The number of benzene rings is 2. The molecule has 20 heavy (non-hydrogen) atoms. The molecule has 0 aliphatic rings. The molecule has 0 bridgehead atoms. The van der Waals surface area contributed by atoms with Crippen LogP contribution in [0.3, 0.4) is 0 Å². The van der Waals surface area contributed by atoms with E-state index in [9.17, 15) is 4.39 Å². The summed E-state index contributed by atoms with van der Waals surface area (Å²) in [6.45, 7) is 2.90. The van der Waals surface area contributed by atoms with E-state index in [0.717, 1.165) is 17.8 Å². The Hall–Kier alpha value is -2.35. The van der Waals surface area contributed by atoms with Crippen LogP contribution in [0.25, 0.3) is 11.3 Å². The van der Waals surface area contributed by atoms with Gasteiger partial charge in [0.05, 0.1) is 5.69 Å². The van der Waals surface area contributed by atoms with E-state index in [2.05, 4.69) is 35.9 Å². The highest BCUT2D eigenvalue weighted by atomic mass is 19.1. The normalized spacial score (nSPS) is 10.7. The van der Waals surface area contributed by atoms with Crippen molar-refractivity contribution in [2.75, 3.05) is 0 Å². The predicted molar refractivity (Wildman–Crippen MR) is 80.1 cm³/mol. The topological polar surface area (TPSA) is 4.93 Å². The van der Waals surface area contributed by atoms with Crippen LogP contribution in [0.1, 0.15) is 11.1 Å². The molecule has 3 rings (SSSR count). The van der Waals surface area contributed by atoms with Crippen LogP contribution in [-0.4, -0.2) is 4.57 Å². The van der Waals surface area contributed by atoms with Gasteiger partial charge in [0, 0.05) is 12.7 Å². The van der Waals surface area contributed by atoms with E-state index in [1.54, 1.807) is 0 Å². The molecule has 0 unspecified atom stereocenters. The lowest BCUT2D eigenvalue weighted by Gasteiger charge is -2.11. The van der Waals surface area contributed by atoms with Crippen LogP contribution in [0.5, 0.6) is 0 Å². The van der Waals surface area contributed by atoms with Crippen molar-refractivity contribution in [3.8, 4) is 11.3 Å². The van der Waals surface area contributed by atoms with Gasteiger partial charge in [0.1, 0.15) is 5.82 Å². The Balaban J connectivity index is 1.99. The van der Waals surface area contributed by atoms with E-state index < -0.39 is 0 Å². The fraction of sp³-hybridized carbons (Fsp3) is 0.111. The molecule has 2 aromatic carbocycles. The molecule has 0 atom stereocenters. The number of aryl methyl sites for hydroxylation is 1. The first-order valence-corrected chi connectivity index (χ1v) is 6.69. The first kappa shape index (κ1) is 12.7. The third-order valence-corrected chi connectivity index (χ3v) is 3.48. The van der Waals surface area contributed by atoms with Gasteiger partial charge in [-0.05, 0) is 53.9 Å². The first-order chi connectivity index (χ1) is 9.74. The van der Waals surface area contributed by atoms with Gasteiger partial charge in [-0.3, -0.25) is 0 Å². The smallest absolute Gasteiger partial charge is 0.123 e. The van der Waals surface area contributed by atoms with Crippen molar-refractivity contribution >= 4 is 0 Å². The minimum Gasteiger partial charge on any atom is -0.343 e. The van der Waals surface area contributed by atoms with Gasteiger partial charge in [0.25, 0.3) is 0 Å². The predicted octanol–water partition coefficient (Wildman–Crippen LogP) is 4.65. The molecule has 0 spiro atoms. The summed E-state index contributed by atoms with van der Waals surface area (Å²) in [6, 6.07) is 19.1. The summed E-state index contributed by atoms with van der Waals surface area (Å²) in [6.07, 6.45) is 2.08. The monoisotopic (exact) mass is 265 g/mol. The van der Waals surface area contributed by atoms with Gasteiger partial charge in [0.15, 0.2) is 0 Å². The molecule has 0 saturated heterocycles. The second-order valence-corrected chi connectivity index (χ2v) is 4.97. The van der Waals surface area contributed by atoms with Crippen molar-refractivity contribution in [1.82, 2.24) is 4.57 Å². The molecule has 100 valence electrons. The lowest BCUT2D eigenvalue weighted by atomic mass is 10.1. The number of aromatic nitrogens is 1. The average molecular weight is 265 g/mol. The Labute approximate surface area is 118 Å². The SMILES string of the molecule is Cc1ccn(Cc2ccccc2)c1-c1ccc(F)cc1. The molecule has 1 nitrogen and oxygen atoms in total. The molecule has 0 radical (unpaired) electrons. The van der Waals surface area contributed by atoms with Crippen molar-refractivity contribution in [2.24, 2.45) is 0 Å². The van der Waals surface area contributed by atoms with Crippen LogP contribution in [0.4, 0.5) is 4.39 Å². The Morgan fingerprint density at radius 3 is 2.30 bits per heavy atom. The molecule has 0 saturated carbocycles. The minimum atomic E-state index is -0.201. The third-order valence-electron chi connectivity index (χ3n) is 3.48. The van der Waals surface area contributed by atoms with Gasteiger partial charge in [0.2, 0.25) is 0 Å². The maximum Gasteiger partial charge on any atom is 0.123 e. The summed E-state index contributed by atoms with van der Waals surface area (Å²) in [5, 5.41) is 0. The zero-order valence-electron chi connectivity index (χ0n) is 11.4. The highest BCUT2D eigenvalue weighted by Crippen LogP contribution is 2.25. The highest BCUT2D eigenvalue weighted by Gasteiger charge is 2.09. The van der Waals surface area contributed by atoms with Crippen LogP contribution in [-0.2, 0) is 6.54 Å². The van der Waals surface area contributed by atoms with Crippen LogP contribution in [0.2, 0.25) is 0 Å². The molecule has 0 aliphatic carbocycles. The zero-order chi connectivity index (χ0) is 13.9. The van der Waals surface area contributed by atoms with E-state index in [0.29, 0.717) is 0 Å². The van der Waals surface area contributed by atoms with Gasteiger partial charge in [-0.1, -0.05) is 30.3 Å². The summed E-state index contributed by atoms with van der Waals surface area (Å²) < 4.78 is 15.3. The number of hydrogen-bond acceptors (Lipinski definition) is 0. The largest absolute Gasteiger partial charge is 0.343 e. The summed E-state index contributed by atoms with van der Waals surface area (Å²) in [7, 11) is 0. The van der Waals surface area contributed by atoms with Gasteiger partial charge < -0.3 is 4.57 Å². The van der Waals surface area contributed by atoms with E-state index in [4.69, 9.17) is 0 Å². The maximum atomic E-state index is 13.1. The van der Waals surface area contributed by atoms with E-state index in [-0.39, 0.29) is 5.82 Å². The first-order valence-electron chi connectivity index (χ1n) is 6.69. The Morgan fingerprint density at radius 1 is 0.900 bits per heavy atom. The number of halogens is 1. The fourth-order valence-electron chi connectivity index (χ4n) is 2.49. The summed E-state index contributed by atoms with van der Waals surface area (Å²) in [5.41, 5.74) is 4.65. The van der Waals surface area contributed by atoms with E-state index >= 15 is 0 Å². The van der Waals surface area contributed by atoms with Gasteiger partial charge in [-0.15, -0.1) is 0 Å². The Bertz CT molecular complexity index is 696. The van der Waals surface area contributed by atoms with Crippen LogP contribution < -0.4 is 0 Å². The van der Waals surface area contributed by atoms with Crippen molar-refractivity contribution in [3.63, 3.8) is 0 Å². The number of rotatable bonds is 3. The molecule has 2 heteroatoms. The number of nitrogens with zero attached hydrogens (tertiary/aromatic N) is 1. The molecule has 1 aromatic heterocycles. The van der Waals surface area contributed by atoms with Crippen molar-refractivity contribution in [3.05, 3.63) is 83.8 Å².